The number of likely N-dealkylation sites (tertiary alicyclic amines) is 2. The van der Waals surface area contributed by atoms with Gasteiger partial charge in [-0.1, -0.05) is 0 Å². The van der Waals surface area contributed by atoms with Gasteiger partial charge in [0.2, 0.25) is 5.91 Å². The fraction of sp³-hybridized carbons (Fsp3) is 0.882. The summed E-state index contributed by atoms with van der Waals surface area (Å²) in [4.78, 5) is 28.7. The molecule has 7 nitrogen and oxygen atoms in total. The summed E-state index contributed by atoms with van der Waals surface area (Å²) in [5.41, 5.74) is -0.554. The van der Waals surface area contributed by atoms with Crippen molar-refractivity contribution in [2.45, 2.75) is 63.9 Å². The lowest BCUT2D eigenvalue weighted by atomic mass is 10.0. The summed E-state index contributed by atoms with van der Waals surface area (Å²) in [6.07, 6.45) is 2.52. The lowest BCUT2D eigenvalue weighted by Gasteiger charge is -2.39. The third-order valence-corrected chi connectivity index (χ3v) is 4.82. The molecule has 0 N–H and O–H groups in total. The second-order valence-corrected chi connectivity index (χ2v) is 7.76. The molecule has 1 unspecified atom stereocenters. The van der Waals surface area contributed by atoms with E-state index in [4.69, 9.17) is 14.2 Å². The fourth-order valence-electron chi connectivity index (χ4n) is 3.63. The SMILES string of the molecule is CC(C)(C)OC(=O)N1CCCC1C(=O)N1CCC2(CC1)OCCO2. The van der Waals surface area contributed by atoms with Gasteiger partial charge in [-0.15, -0.1) is 0 Å². The Morgan fingerprint density at radius 1 is 1.08 bits per heavy atom. The van der Waals surface area contributed by atoms with Crippen molar-refractivity contribution in [1.29, 1.82) is 0 Å². The minimum absolute atomic E-state index is 0.0196. The van der Waals surface area contributed by atoms with E-state index in [2.05, 4.69) is 0 Å². The van der Waals surface area contributed by atoms with Crippen LogP contribution >= 0.6 is 0 Å². The van der Waals surface area contributed by atoms with E-state index in [0.29, 0.717) is 52.1 Å². The number of piperidine rings is 1. The largest absolute Gasteiger partial charge is 0.444 e. The van der Waals surface area contributed by atoms with E-state index in [0.717, 1.165) is 6.42 Å². The number of hydrogen-bond acceptors (Lipinski definition) is 5. The van der Waals surface area contributed by atoms with Crippen LogP contribution in [-0.2, 0) is 19.0 Å². The van der Waals surface area contributed by atoms with Crippen molar-refractivity contribution < 1.29 is 23.8 Å². The Hall–Kier alpha value is -1.34. The molecule has 3 aliphatic rings. The summed E-state index contributed by atoms with van der Waals surface area (Å²) in [6.45, 7) is 8.56. The molecule has 3 saturated heterocycles. The van der Waals surface area contributed by atoms with Gasteiger partial charge in [0.25, 0.3) is 0 Å². The second kappa shape index (κ2) is 6.52. The highest BCUT2D eigenvalue weighted by molar-refractivity contribution is 5.86. The van der Waals surface area contributed by atoms with E-state index in [-0.39, 0.29) is 5.91 Å². The van der Waals surface area contributed by atoms with E-state index in [1.165, 1.54) is 0 Å². The van der Waals surface area contributed by atoms with Gasteiger partial charge in [0, 0.05) is 32.5 Å². The van der Waals surface area contributed by atoms with Gasteiger partial charge in [0.05, 0.1) is 13.2 Å². The zero-order valence-corrected chi connectivity index (χ0v) is 14.9. The summed E-state index contributed by atoms with van der Waals surface area (Å²) in [6, 6.07) is -0.403. The van der Waals surface area contributed by atoms with Crippen LogP contribution in [0.15, 0.2) is 0 Å². The molecule has 0 aromatic rings. The number of ether oxygens (including phenoxy) is 3. The molecule has 0 bridgehead atoms. The number of nitrogens with zero attached hydrogens (tertiary/aromatic N) is 2. The fourth-order valence-corrected chi connectivity index (χ4v) is 3.63. The predicted molar refractivity (Wildman–Crippen MR) is 86.4 cm³/mol. The summed E-state index contributed by atoms with van der Waals surface area (Å²) in [5.74, 6) is -0.469. The highest BCUT2D eigenvalue weighted by Crippen LogP contribution is 2.32. The number of carbonyl (C=O) groups is 2. The number of carbonyl (C=O) groups excluding carboxylic acids is 2. The summed E-state index contributed by atoms with van der Waals surface area (Å²) < 4.78 is 16.9. The molecule has 0 aliphatic carbocycles. The average Bonchev–Trinajstić information content (AvgIpc) is 3.15. The van der Waals surface area contributed by atoms with Crippen molar-refractivity contribution in [3.05, 3.63) is 0 Å². The van der Waals surface area contributed by atoms with Gasteiger partial charge in [-0.25, -0.2) is 4.79 Å². The Bertz CT molecular complexity index is 486. The molecular formula is C17H28N2O5. The first-order chi connectivity index (χ1) is 11.3. The first kappa shape index (κ1) is 17.5. The Kier molecular flexibility index (Phi) is 4.75. The van der Waals surface area contributed by atoms with E-state index in [1.807, 2.05) is 25.7 Å². The highest BCUT2D eigenvalue weighted by atomic mass is 16.7. The molecule has 0 radical (unpaired) electrons. The number of amides is 2. The van der Waals surface area contributed by atoms with Gasteiger partial charge in [0.1, 0.15) is 11.6 Å². The van der Waals surface area contributed by atoms with Gasteiger partial charge in [-0.05, 0) is 33.6 Å². The lowest BCUT2D eigenvalue weighted by Crippen LogP contribution is -2.53. The summed E-state index contributed by atoms with van der Waals surface area (Å²) in [5, 5.41) is 0. The van der Waals surface area contributed by atoms with Crippen LogP contribution in [0.2, 0.25) is 0 Å². The van der Waals surface area contributed by atoms with Crippen molar-refractivity contribution in [3.8, 4) is 0 Å². The Labute approximate surface area is 143 Å². The van der Waals surface area contributed by atoms with Crippen LogP contribution in [0.3, 0.4) is 0 Å². The maximum Gasteiger partial charge on any atom is 0.410 e. The van der Waals surface area contributed by atoms with Crippen LogP contribution in [0, 0.1) is 0 Å². The van der Waals surface area contributed by atoms with Crippen LogP contribution in [-0.4, -0.2) is 72.1 Å². The van der Waals surface area contributed by atoms with Crippen LogP contribution in [0.4, 0.5) is 4.79 Å². The number of rotatable bonds is 1. The zero-order chi connectivity index (χ0) is 17.4. The molecule has 1 spiro atoms. The molecule has 0 aromatic heterocycles. The third kappa shape index (κ3) is 3.67. The van der Waals surface area contributed by atoms with Crippen LogP contribution in [0.5, 0.6) is 0 Å². The Morgan fingerprint density at radius 2 is 1.71 bits per heavy atom. The topological polar surface area (TPSA) is 68.3 Å². The van der Waals surface area contributed by atoms with Gasteiger partial charge in [-0.2, -0.15) is 0 Å². The molecule has 3 heterocycles. The maximum absolute atomic E-state index is 12.9. The minimum atomic E-state index is -0.554. The average molecular weight is 340 g/mol. The van der Waals surface area contributed by atoms with E-state index < -0.39 is 23.5 Å². The molecule has 3 aliphatic heterocycles. The normalized spacial score (nSPS) is 26.9. The molecule has 3 fully saturated rings. The predicted octanol–water partition coefficient (Wildman–Crippen LogP) is 1.75. The van der Waals surface area contributed by atoms with E-state index in [1.54, 1.807) is 4.90 Å². The second-order valence-electron chi connectivity index (χ2n) is 7.76. The lowest BCUT2D eigenvalue weighted by molar-refractivity contribution is -0.188. The zero-order valence-electron chi connectivity index (χ0n) is 14.9. The van der Waals surface area contributed by atoms with Crippen LogP contribution in [0.25, 0.3) is 0 Å². The van der Waals surface area contributed by atoms with Crippen molar-refractivity contribution in [3.63, 3.8) is 0 Å². The number of hydrogen-bond donors (Lipinski definition) is 0. The van der Waals surface area contributed by atoms with Crippen LogP contribution < -0.4 is 0 Å². The smallest absolute Gasteiger partial charge is 0.410 e. The monoisotopic (exact) mass is 340 g/mol. The van der Waals surface area contributed by atoms with Crippen molar-refractivity contribution >= 4 is 12.0 Å². The minimum Gasteiger partial charge on any atom is -0.444 e. The first-order valence-corrected chi connectivity index (χ1v) is 8.86. The molecular weight excluding hydrogens is 312 g/mol. The summed E-state index contributed by atoms with van der Waals surface area (Å²) >= 11 is 0. The molecule has 1 atom stereocenters. The van der Waals surface area contributed by atoms with Gasteiger partial charge in [-0.3, -0.25) is 9.69 Å². The first-order valence-electron chi connectivity index (χ1n) is 8.86. The Morgan fingerprint density at radius 3 is 2.29 bits per heavy atom. The third-order valence-electron chi connectivity index (χ3n) is 4.82. The standard InChI is InChI=1S/C17H28N2O5/c1-16(2,3)24-15(21)19-8-4-5-13(19)14(20)18-9-6-17(7-10-18)22-11-12-23-17/h13H,4-12H2,1-3H3. The van der Waals surface area contributed by atoms with E-state index in [9.17, 15) is 9.59 Å². The highest BCUT2D eigenvalue weighted by Gasteiger charge is 2.44. The van der Waals surface area contributed by atoms with Gasteiger partial charge >= 0.3 is 6.09 Å². The van der Waals surface area contributed by atoms with Crippen molar-refractivity contribution in [1.82, 2.24) is 9.80 Å². The summed E-state index contributed by atoms with van der Waals surface area (Å²) in [7, 11) is 0. The molecule has 7 heteroatoms. The molecule has 2 amide bonds. The molecule has 136 valence electrons. The molecule has 0 saturated carbocycles. The van der Waals surface area contributed by atoms with Crippen molar-refractivity contribution in [2.75, 3.05) is 32.8 Å². The van der Waals surface area contributed by atoms with Gasteiger partial charge in [0.15, 0.2) is 5.79 Å². The quantitative estimate of drug-likeness (QED) is 0.727. The van der Waals surface area contributed by atoms with Gasteiger partial charge < -0.3 is 19.1 Å². The van der Waals surface area contributed by atoms with Crippen molar-refractivity contribution in [2.24, 2.45) is 0 Å². The maximum atomic E-state index is 12.9. The van der Waals surface area contributed by atoms with Crippen LogP contribution in [0.1, 0.15) is 46.5 Å². The molecule has 3 rings (SSSR count). The Balaban J connectivity index is 1.59. The molecule has 0 aromatic carbocycles. The van der Waals surface area contributed by atoms with E-state index >= 15 is 0 Å². The molecule has 24 heavy (non-hydrogen) atoms.